The van der Waals surface area contributed by atoms with Gasteiger partial charge < -0.3 is 4.74 Å². The van der Waals surface area contributed by atoms with Crippen LogP contribution in [0.4, 0.5) is 13.2 Å². The fourth-order valence-corrected chi connectivity index (χ4v) is 0.475. The third-order valence-electron chi connectivity index (χ3n) is 1.08. The van der Waals surface area contributed by atoms with E-state index in [0.717, 1.165) is 6.42 Å². The molecule has 1 fully saturated rings. The molecule has 10 heteroatoms. The number of alkyl halides is 3. The number of hydrogen-bond donors (Lipinski definition) is 1. The molecule has 0 aliphatic carbocycles. The van der Waals surface area contributed by atoms with Gasteiger partial charge >= 0.3 is 51.2 Å². The zero-order valence-electron chi connectivity index (χ0n) is 6.74. The molecule has 1 saturated heterocycles. The Morgan fingerprint density at radius 2 is 1.73 bits per heavy atom. The number of carbonyl (C=O) groups excluding carboxylic acids is 1. The minimum atomic E-state index is -5.84. The molecule has 0 unspecified atom stereocenters. The number of rotatable bonds is 0. The van der Waals surface area contributed by atoms with Gasteiger partial charge in [0, 0.05) is 6.42 Å². The number of ether oxygens (including phenoxy) is 1. The molecule has 5 nitrogen and oxygen atoms in total. The number of cyclic esters (lactones) is 1. The fraction of sp³-hybridized carbons (Fsp3) is 0.800. The molecule has 0 aromatic carbocycles. The van der Waals surface area contributed by atoms with Gasteiger partial charge in [-0.05, 0) is 6.42 Å². The first-order chi connectivity index (χ1) is 6.14. The number of halogens is 3. The normalized spacial score (nSPS) is 15.9. The van der Waals surface area contributed by atoms with Crippen molar-refractivity contribution in [3.05, 3.63) is 0 Å². The van der Waals surface area contributed by atoms with Crippen LogP contribution in [0, 0.1) is 0 Å². The molecule has 0 amide bonds. The average molecular weight is 260 g/mol. The Hall–Kier alpha value is 0.170. The van der Waals surface area contributed by atoms with Crippen molar-refractivity contribution in [1.29, 1.82) is 0 Å². The van der Waals surface area contributed by atoms with Crippen molar-refractivity contribution < 1.29 is 35.7 Å². The molecule has 86 valence electrons. The van der Waals surface area contributed by atoms with E-state index < -0.39 is 15.6 Å². The van der Waals surface area contributed by atoms with E-state index in [4.69, 9.17) is 13.0 Å². The summed E-state index contributed by atoms with van der Waals surface area (Å²) in [5.41, 5.74) is -5.53. The van der Waals surface area contributed by atoms with E-state index in [1.54, 1.807) is 0 Å². The minimum absolute atomic E-state index is 0. The first kappa shape index (κ1) is 17.6. The molecule has 0 bridgehead atoms. The van der Waals surface area contributed by atoms with Gasteiger partial charge in [-0.1, -0.05) is 0 Å². The first-order valence-electron chi connectivity index (χ1n) is 3.34. The molecule has 15 heavy (non-hydrogen) atoms. The number of carbonyl (C=O) groups is 1. The molecule has 1 aliphatic rings. The summed E-state index contributed by atoms with van der Waals surface area (Å²) in [5, 5.41) is 0. The van der Waals surface area contributed by atoms with E-state index in [1.807, 2.05) is 0 Å². The van der Waals surface area contributed by atoms with Gasteiger partial charge in [-0.3, -0.25) is 9.35 Å². The SMILES string of the molecule is O=C1CCCO1.O=S(=O)(O)C(F)(F)F.[NaH]. The van der Waals surface area contributed by atoms with Gasteiger partial charge in [0.2, 0.25) is 0 Å². The fourth-order valence-electron chi connectivity index (χ4n) is 0.475. The summed E-state index contributed by atoms with van der Waals surface area (Å²) in [6.07, 6.45) is 1.54. The van der Waals surface area contributed by atoms with Crippen LogP contribution in [-0.2, 0) is 19.6 Å². The molecule has 1 N–H and O–H groups in total. The molecule has 1 aliphatic heterocycles. The van der Waals surface area contributed by atoms with Crippen LogP contribution in [0.1, 0.15) is 12.8 Å². The van der Waals surface area contributed by atoms with Crippen LogP contribution >= 0.6 is 0 Å². The topological polar surface area (TPSA) is 80.7 Å². The average Bonchev–Trinajstić information content (AvgIpc) is 2.35. The van der Waals surface area contributed by atoms with Crippen LogP contribution in [0.5, 0.6) is 0 Å². The van der Waals surface area contributed by atoms with Crippen molar-refractivity contribution in [3.8, 4) is 0 Å². The van der Waals surface area contributed by atoms with Crippen LogP contribution in [-0.4, -0.2) is 60.6 Å². The van der Waals surface area contributed by atoms with Crippen molar-refractivity contribution in [1.82, 2.24) is 0 Å². The molecule has 0 spiro atoms. The second-order valence-corrected chi connectivity index (χ2v) is 3.66. The van der Waals surface area contributed by atoms with Gasteiger partial charge in [-0.15, -0.1) is 0 Å². The van der Waals surface area contributed by atoms with Gasteiger partial charge in [0.25, 0.3) is 0 Å². The Bertz CT molecular complexity index is 290. The van der Waals surface area contributed by atoms with Gasteiger partial charge in [-0.2, -0.15) is 21.6 Å². The second kappa shape index (κ2) is 6.69. The predicted octanol–water partition coefficient (Wildman–Crippen LogP) is 0.0689. The standard InChI is InChI=1S/C4H6O2.CHF3O3S.Na.H/c5-4-2-1-3-6-4;2-1(3,4)8(5,6)7;;/h1-3H2;(H,5,6,7);;. The van der Waals surface area contributed by atoms with E-state index in [9.17, 15) is 18.0 Å². The molecule has 0 saturated carbocycles. The number of esters is 1. The Labute approximate surface area is 106 Å². The molecule has 0 aromatic heterocycles. The van der Waals surface area contributed by atoms with Gasteiger partial charge in [-0.25, -0.2) is 0 Å². The van der Waals surface area contributed by atoms with E-state index in [-0.39, 0.29) is 35.5 Å². The Morgan fingerprint density at radius 1 is 1.33 bits per heavy atom. The van der Waals surface area contributed by atoms with Crippen molar-refractivity contribution >= 4 is 45.6 Å². The Kier molecular flexibility index (Phi) is 7.83. The van der Waals surface area contributed by atoms with Crippen LogP contribution in [0.2, 0.25) is 0 Å². The summed E-state index contributed by atoms with van der Waals surface area (Å²) >= 11 is 0. The summed E-state index contributed by atoms with van der Waals surface area (Å²) in [4.78, 5) is 10.0. The van der Waals surface area contributed by atoms with Gasteiger partial charge in [0.15, 0.2) is 0 Å². The van der Waals surface area contributed by atoms with E-state index >= 15 is 0 Å². The third-order valence-corrected chi connectivity index (χ3v) is 1.67. The Balaban J connectivity index is 0. The van der Waals surface area contributed by atoms with Crippen LogP contribution in [0.15, 0.2) is 0 Å². The number of hydrogen-bond acceptors (Lipinski definition) is 4. The van der Waals surface area contributed by atoms with Crippen molar-refractivity contribution in [2.45, 2.75) is 18.3 Å². The monoisotopic (exact) mass is 260 g/mol. The quantitative estimate of drug-likeness (QED) is 0.288. The molecule has 0 aromatic rings. The summed E-state index contributed by atoms with van der Waals surface area (Å²) in [6, 6.07) is 0. The zero-order chi connectivity index (χ0) is 11.4. The predicted molar refractivity (Wildman–Crippen MR) is 44.9 cm³/mol. The van der Waals surface area contributed by atoms with Crippen LogP contribution in [0.25, 0.3) is 0 Å². The zero-order valence-corrected chi connectivity index (χ0v) is 7.56. The van der Waals surface area contributed by atoms with E-state index in [1.165, 1.54) is 0 Å². The molecular weight excluding hydrogens is 252 g/mol. The van der Waals surface area contributed by atoms with Crippen LogP contribution in [0.3, 0.4) is 0 Å². The van der Waals surface area contributed by atoms with Crippen molar-refractivity contribution in [3.63, 3.8) is 0 Å². The molecule has 0 atom stereocenters. The molecule has 0 radical (unpaired) electrons. The van der Waals surface area contributed by atoms with Gasteiger partial charge in [0.1, 0.15) is 0 Å². The molecule has 1 rings (SSSR count). The maximum absolute atomic E-state index is 10.7. The van der Waals surface area contributed by atoms with Crippen molar-refractivity contribution in [2.24, 2.45) is 0 Å². The summed E-state index contributed by atoms with van der Waals surface area (Å²) in [6.45, 7) is 0.638. The Morgan fingerprint density at radius 3 is 1.80 bits per heavy atom. The van der Waals surface area contributed by atoms with Crippen molar-refractivity contribution in [2.75, 3.05) is 6.61 Å². The summed E-state index contributed by atoms with van der Waals surface area (Å²) in [7, 11) is -5.84. The first-order valence-corrected chi connectivity index (χ1v) is 4.78. The summed E-state index contributed by atoms with van der Waals surface area (Å²) < 4.78 is 62.1. The molecular formula is C5H8F3NaO5S. The van der Waals surface area contributed by atoms with E-state index in [2.05, 4.69) is 4.74 Å². The van der Waals surface area contributed by atoms with E-state index in [0.29, 0.717) is 13.0 Å². The molecule has 1 heterocycles. The summed E-state index contributed by atoms with van der Waals surface area (Å²) in [5.74, 6) is -0.0463. The second-order valence-electron chi connectivity index (χ2n) is 2.24. The van der Waals surface area contributed by atoms with Gasteiger partial charge in [0.05, 0.1) is 6.61 Å². The maximum atomic E-state index is 10.7. The third kappa shape index (κ3) is 8.03. The van der Waals surface area contributed by atoms with Crippen LogP contribution < -0.4 is 0 Å².